The smallest absolute Gasteiger partial charge is 0.276 e. The van der Waals surface area contributed by atoms with Crippen LogP contribution in [0.3, 0.4) is 0 Å². The van der Waals surface area contributed by atoms with Crippen LogP contribution < -0.4 is 5.32 Å². The molecule has 4 nitrogen and oxygen atoms in total. The van der Waals surface area contributed by atoms with E-state index in [0.717, 1.165) is 16.5 Å². The fourth-order valence-corrected chi connectivity index (χ4v) is 2.19. The van der Waals surface area contributed by atoms with Crippen molar-refractivity contribution in [3.05, 3.63) is 41.7 Å². The Kier molecular flexibility index (Phi) is 2.41. The number of nitrogens with one attached hydrogen (secondary N) is 2. The number of benzene rings is 1. The maximum Gasteiger partial charge on any atom is 0.276 e. The second-order valence-corrected chi connectivity index (χ2v) is 4.53. The number of likely N-dealkylation sites (N-methyl/N-ethyl adjacent to an activating group) is 1. The van der Waals surface area contributed by atoms with Crippen molar-refractivity contribution in [2.45, 2.75) is 0 Å². The number of nitrogens with zero attached hydrogens (tertiary/aromatic N) is 1. The molecule has 2 aromatic rings. The van der Waals surface area contributed by atoms with Gasteiger partial charge in [0.2, 0.25) is 0 Å². The highest BCUT2D eigenvalue weighted by atomic mass is 32.1. The Labute approximate surface area is 109 Å². The summed E-state index contributed by atoms with van der Waals surface area (Å²) in [6, 6.07) is 7.95. The van der Waals surface area contributed by atoms with E-state index in [9.17, 15) is 4.79 Å². The van der Waals surface area contributed by atoms with Gasteiger partial charge in [-0.1, -0.05) is 18.2 Å². The molecule has 0 unspecified atom stereocenters. The van der Waals surface area contributed by atoms with E-state index < -0.39 is 0 Å². The molecule has 2 heterocycles. The Hall–Kier alpha value is -2.14. The lowest BCUT2D eigenvalue weighted by atomic mass is 10.1. The zero-order valence-electron chi connectivity index (χ0n) is 9.73. The molecule has 0 spiro atoms. The second-order valence-electron chi connectivity index (χ2n) is 4.14. The van der Waals surface area contributed by atoms with Gasteiger partial charge in [0.15, 0.2) is 5.11 Å². The fraction of sp³-hybridized carbons (Fsp3) is 0.0769. The standard InChI is InChI=1S/C13H11N3OS/c1-16-12(17)11(15-13(16)18)6-8-7-14-10-5-3-2-4-9(8)10/h2-7,14H,1H3,(H,15,18)/b11-6-. The molecule has 1 aliphatic rings. The molecule has 0 radical (unpaired) electrons. The molecule has 18 heavy (non-hydrogen) atoms. The van der Waals surface area contributed by atoms with E-state index >= 15 is 0 Å². The zero-order valence-corrected chi connectivity index (χ0v) is 10.5. The van der Waals surface area contributed by atoms with E-state index in [1.54, 1.807) is 7.05 Å². The second kappa shape index (κ2) is 3.96. The van der Waals surface area contributed by atoms with Gasteiger partial charge in [-0.3, -0.25) is 9.69 Å². The summed E-state index contributed by atoms with van der Waals surface area (Å²) in [6.07, 6.45) is 3.70. The fourth-order valence-electron chi connectivity index (χ4n) is 1.99. The van der Waals surface area contributed by atoms with Crippen molar-refractivity contribution in [1.82, 2.24) is 15.2 Å². The third-order valence-corrected chi connectivity index (χ3v) is 3.38. The minimum atomic E-state index is -0.106. The topological polar surface area (TPSA) is 48.1 Å². The van der Waals surface area contributed by atoms with Gasteiger partial charge in [-0.05, 0) is 24.4 Å². The molecule has 5 heteroatoms. The SMILES string of the molecule is CN1C(=O)/C(=C/c2c[nH]c3ccccc23)NC1=S. The lowest BCUT2D eigenvalue weighted by Crippen LogP contribution is -2.25. The normalized spacial score (nSPS) is 17.8. The van der Waals surface area contributed by atoms with Crippen LogP contribution in [0.2, 0.25) is 0 Å². The van der Waals surface area contributed by atoms with Gasteiger partial charge < -0.3 is 10.3 Å². The zero-order chi connectivity index (χ0) is 12.7. The number of H-pyrrole nitrogens is 1. The van der Waals surface area contributed by atoms with Crippen molar-refractivity contribution < 1.29 is 4.79 Å². The molecular formula is C13H11N3OS. The van der Waals surface area contributed by atoms with E-state index in [0.29, 0.717) is 10.8 Å². The van der Waals surface area contributed by atoms with Crippen LogP contribution in [0.4, 0.5) is 0 Å². The van der Waals surface area contributed by atoms with Crippen molar-refractivity contribution in [1.29, 1.82) is 0 Å². The van der Waals surface area contributed by atoms with Gasteiger partial charge in [0.25, 0.3) is 5.91 Å². The van der Waals surface area contributed by atoms with E-state index in [1.807, 2.05) is 36.5 Å². The minimum Gasteiger partial charge on any atom is -0.361 e. The monoisotopic (exact) mass is 257 g/mol. The van der Waals surface area contributed by atoms with Crippen LogP contribution in [-0.2, 0) is 4.79 Å². The van der Waals surface area contributed by atoms with Crippen LogP contribution in [0.15, 0.2) is 36.2 Å². The van der Waals surface area contributed by atoms with Gasteiger partial charge in [-0.15, -0.1) is 0 Å². The number of hydrogen-bond donors (Lipinski definition) is 2. The summed E-state index contributed by atoms with van der Waals surface area (Å²) in [5, 5.41) is 4.43. The highest BCUT2D eigenvalue weighted by molar-refractivity contribution is 7.80. The number of fused-ring (bicyclic) bond motifs is 1. The molecule has 1 aromatic heterocycles. The molecule has 2 N–H and O–H groups in total. The summed E-state index contributed by atoms with van der Waals surface area (Å²) in [5.41, 5.74) is 2.53. The number of thiocarbonyl (C=S) groups is 1. The Bertz CT molecular complexity index is 686. The van der Waals surface area contributed by atoms with Gasteiger partial charge in [0.05, 0.1) is 0 Å². The number of para-hydroxylation sites is 1. The Morgan fingerprint density at radius 3 is 2.83 bits per heavy atom. The molecule has 0 aliphatic carbocycles. The Morgan fingerprint density at radius 2 is 2.11 bits per heavy atom. The van der Waals surface area contributed by atoms with Gasteiger partial charge in [0.1, 0.15) is 5.70 Å². The van der Waals surface area contributed by atoms with E-state index in [-0.39, 0.29) is 5.91 Å². The lowest BCUT2D eigenvalue weighted by molar-refractivity contribution is -0.121. The summed E-state index contributed by atoms with van der Waals surface area (Å²) in [5.74, 6) is -0.106. The maximum absolute atomic E-state index is 11.9. The Balaban J connectivity index is 2.07. The predicted octanol–water partition coefficient (Wildman–Crippen LogP) is 1.86. The van der Waals surface area contributed by atoms with Crippen LogP contribution in [0, 0.1) is 0 Å². The molecule has 0 bridgehead atoms. The van der Waals surface area contributed by atoms with Crippen LogP contribution in [0.1, 0.15) is 5.56 Å². The van der Waals surface area contributed by atoms with Gasteiger partial charge >= 0.3 is 0 Å². The molecule has 1 aliphatic heterocycles. The first-order chi connectivity index (χ1) is 8.66. The molecule has 3 rings (SSSR count). The number of carbonyl (C=O) groups is 1. The number of rotatable bonds is 1. The highest BCUT2D eigenvalue weighted by Gasteiger charge is 2.27. The summed E-state index contributed by atoms with van der Waals surface area (Å²) >= 11 is 5.03. The first-order valence-corrected chi connectivity index (χ1v) is 5.94. The molecule has 90 valence electrons. The number of amides is 1. The predicted molar refractivity (Wildman–Crippen MR) is 74.8 cm³/mol. The van der Waals surface area contributed by atoms with Crippen LogP contribution in [0.25, 0.3) is 17.0 Å². The van der Waals surface area contributed by atoms with E-state index in [2.05, 4.69) is 10.3 Å². The van der Waals surface area contributed by atoms with Crippen LogP contribution >= 0.6 is 12.2 Å². The van der Waals surface area contributed by atoms with Gasteiger partial charge in [-0.2, -0.15) is 0 Å². The molecule has 0 atom stereocenters. The highest BCUT2D eigenvalue weighted by Crippen LogP contribution is 2.21. The summed E-state index contributed by atoms with van der Waals surface area (Å²) < 4.78 is 0. The molecule has 1 saturated heterocycles. The average Bonchev–Trinajstić information content (AvgIpc) is 2.89. The first-order valence-electron chi connectivity index (χ1n) is 5.53. The number of aromatic amines is 1. The minimum absolute atomic E-state index is 0.106. The van der Waals surface area contributed by atoms with Gasteiger partial charge in [0, 0.05) is 29.7 Å². The average molecular weight is 257 g/mol. The van der Waals surface area contributed by atoms with Crippen molar-refractivity contribution in [2.24, 2.45) is 0 Å². The van der Waals surface area contributed by atoms with Gasteiger partial charge in [-0.25, -0.2) is 0 Å². The third kappa shape index (κ3) is 1.60. The molecule has 1 amide bonds. The third-order valence-electron chi connectivity index (χ3n) is 3.00. The summed E-state index contributed by atoms with van der Waals surface area (Å²) in [4.78, 5) is 16.5. The summed E-state index contributed by atoms with van der Waals surface area (Å²) in [6.45, 7) is 0. The molecular weight excluding hydrogens is 246 g/mol. The van der Waals surface area contributed by atoms with E-state index in [1.165, 1.54) is 4.90 Å². The summed E-state index contributed by atoms with van der Waals surface area (Å²) in [7, 11) is 1.66. The van der Waals surface area contributed by atoms with Crippen LogP contribution in [0.5, 0.6) is 0 Å². The van der Waals surface area contributed by atoms with Crippen molar-refractivity contribution in [3.8, 4) is 0 Å². The molecule has 1 fully saturated rings. The number of carbonyl (C=O) groups excluding carboxylic acids is 1. The lowest BCUT2D eigenvalue weighted by Gasteiger charge is -2.02. The van der Waals surface area contributed by atoms with E-state index in [4.69, 9.17) is 12.2 Å². The van der Waals surface area contributed by atoms with Crippen molar-refractivity contribution in [2.75, 3.05) is 7.05 Å². The quantitative estimate of drug-likeness (QED) is 0.605. The maximum atomic E-state index is 11.9. The molecule has 0 saturated carbocycles. The Morgan fingerprint density at radius 1 is 1.33 bits per heavy atom. The van der Waals surface area contributed by atoms with Crippen molar-refractivity contribution >= 4 is 40.2 Å². The first kappa shape index (κ1) is 11.0. The van der Waals surface area contributed by atoms with Crippen molar-refractivity contribution in [3.63, 3.8) is 0 Å². The molecule has 1 aromatic carbocycles. The van der Waals surface area contributed by atoms with Crippen LogP contribution in [-0.4, -0.2) is 28.0 Å². The number of aromatic nitrogens is 1. The largest absolute Gasteiger partial charge is 0.361 e. The number of hydrogen-bond acceptors (Lipinski definition) is 2.